The van der Waals surface area contributed by atoms with Gasteiger partial charge in [0.05, 0.1) is 10.7 Å². The second-order valence-electron chi connectivity index (χ2n) is 7.53. The summed E-state index contributed by atoms with van der Waals surface area (Å²) in [6, 6.07) is 16.4. The number of nitrogens with one attached hydrogen (secondary N) is 1. The largest absolute Gasteiger partial charge is 0.482 e. The molecule has 0 spiro atoms. The number of anilines is 2. The lowest BCUT2D eigenvalue weighted by Gasteiger charge is -2.32. The number of benzene rings is 2. The highest BCUT2D eigenvalue weighted by molar-refractivity contribution is 6.42. The molecular formula is C23H23Cl2N5O2. The van der Waals surface area contributed by atoms with Crippen LogP contribution in [-0.4, -0.2) is 60.8 Å². The molecule has 1 N–H and O–H groups in total. The van der Waals surface area contributed by atoms with E-state index in [1.165, 1.54) is 0 Å². The lowest BCUT2D eigenvalue weighted by atomic mass is 10.1. The van der Waals surface area contributed by atoms with Gasteiger partial charge in [0, 0.05) is 37.4 Å². The normalized spacial score (nSPS) is 14.3. The molecule has 1 aliphatic rings. The molecule has 7 nitrogen and oxygen atoms in total. The highest BCUT2D eigenvalue weighted by Crippen LogP contribution is 2.31. The Kier molecular flexibility index (Phi) is 7.09. The van der Waals surface area contributed by atoms with Crippen molar-refractivity contribution in [2.75, 3.05) is 50.1 Å². The molecule has 3 aromatic rings. The van der Waals surface area contributed by atoms with E-state index in [2.05, 4.69) is 32.4 Å². The first-order chi connectivity index (χ1) is 15.5. The fourth-order valence-corrected chi connectivity index (χ4v) is 3.69. The van der Waals surface area contributed by atoms with Gasteiger partial charge in [-0.3, -0.25) is 4.79 Å². The molecule has 1 aliphatic heterocycles. The Morgan fingerprint density at radius 3 is 2.44 bits per heavy atom. The van der Waals surface area contributed by atoms with E-state index < -0.39 is 0 Å². The Balaban J connectivity index is 1.32. The molecule has 9 heteroatoms. The summed E-state index contributed by atoms with van der Waals surface area (Å²) in [4.78, 5) is 16.7. The van der Waals surface area contributed by atoms with E-state index in [-0.39, 0.29) is 17.5 Å². The Hall–Kier alpha value is -2.87. The number of likely N-dealkylation sites (N-methyl/N-ethyl adjacent to an activating group) is 1. The summed E-state index contributed by atoms with van der Waals surface area (Å²) in [6.07, 6.45) is 0. The summed E-state index contributed by atoms with van der Waals surface area (Å²) in [5.41, 5.74) is 2.35. The number of hydrogen-bond donors (Lipinski definition) is 1. The van der Waals surface area contributed by atoms with Crippen molar-refractivity contribution in [2.45, 2.75) is 0 Å². The minimum atomic E-state index is -0.301. The molecule has 1 fully saturated rings. The van der Waals surface area contributed by atoms with Gasteiger partial charge in [-0.1, -0.05) is 41.4 Å². The van der Waals surface area contributed by atoms with Gasteiger partial charge < -0.3 is 19.9 Å². The van der Waals surface area contributed by atoms with Crippen LogP contribution in [0.1, 0.15) is 0 Å². The molecule has 1 saturated heterocycles. The van der Waals surface area contributed by atoms with E-state index in [1.54, 1.807) is 18.2 Å². The number of nitrogens with zero attached hydrogens (tertiary/aromatic N) is 4. The van der Waals surface area contributed by atoms with Crippen molar-refractivity contribution in [3.63, 3.8) is 0 Å². The average molecular weight is 472 g/mol. The van der Waals surface area contributed by atoms with E-state index in [0.29, 0.717) is 16.5 Å². The van der Waals surface area contributed by atoms with Gasteiger partial charge in [-0.05, 0) is 43.4 Å². The summed E-state index contributed by atoms with van der Waals surface area (Å²) < 4.78 is 5.46. The quantitative estimate of drug-likeness (QED) is 0.580. The number of aromatic nitrogens is 2. The van der Waals surface area contributed by atoms with Crippen LogP contribution in [-0.2, 0) is 4.79 Å². The number of carbonyl (C=O) groups is 1. The highest BCUT2D eigenvalue weighted by Gasteiger charge is 2.16. The first kappa shape index (κ1) is 22.3. The summed E-state index contributed by atoms with van der Waals surface area (Å²) in [5, 5.41) is 12.2. The monoisotopic (exact) mass is 471 g/mol. The zero-order valence-corrected chi connectivity index (χ0v) is 19.1. The van der Waals surface area contributed by atoms with Crippen LogP contribution in [0.25, 0.3) is 11.3 Å². The van der Waals surface area contributed by atoms with Crippen molar-refractivity contribution in [2.24, 2.45) is 0 Å². The number of amides is 1. The third kappa shape index (κ3) is 5.48. The number of halogens is 2. The standard InChI is InChI=1S/C23H23Cl2N5O2/c1-29-11-13-30(14-12-29)21-10-9-19(27-28-21)16-5-7-17(8-6-16)26-22(31)15-32-20-4-2-3-18(24)23(20)25/h2-10H,11-15H2,1H3,(H,26,31). The summed E-state index contributed by atoms with van der Waals surface area (Å²) in [6.45, 7) is 3.76. The van der Waals surface area contributed by atoms with E-state index in [1.807, 2.05) is 36.4 Å². The zero-order valence-electron chi connectivity index (χ0n) is 17.6. The number of hydrogen-bond acceptors (Lipinski definition) is 6. The second kappa shape index (κ2) is 10.2. The maximum atomic E-state index is 12.2. The van der Waals surface area contributed by atoms with Crippen LogP contribution < -0.4 is 15.0 Å². The maximum absolute atomic E-state index is 12.2. The molecule has 0 saturated carbocycles. The van der Waals surface area contributed by atoms with E-state index in [4.69, 9.17) is 27.9 Å². The predicted octanol–water partition coefficient (Wildman–Crippen LogP) is 4.22. The van der Waals surface area contributed by atoms with Gasteiger partial charge in [0.1, 0.15) is 10.8 Å². The number of piperazine rings is 1. The van der Waals surface area contributed by atoms with Crippen molar-refractivity contribution < 1.29 is 9.53 Å². The molecule has 0 bridgehead atoms. The number of carbonyl (C=O) groups excluding carboxylic acids is 1. The van der Waals surface area contributed by atoms with Crippen molar-refractivity contribution in [1.82, 2.24) is 15.1 Å². The average Bonchev–Trinajstić information content (AvgIpc) is 2.81. The van der Waals surface area contributed by atoms with Gasteiger partial charge >= 0.3 is 0 Å². The van der Waals surface area contributed by atoms with Crippen LogP contribution in [0.2, 0.25) is 10.0 Å². The molecule has 0 unspecified atom stereocenters. The lowest BCUT2D eigenvalue weighted by molar-refractivity contribution is -0.118. The maximum Gasteiger partial charge on any atom is 0.262 e. The number of rotatable bonds is 6. The topological polar surface area (TPSA) is 70.6 Å². The molecule has 2 aromatic carbocycles. The Bertz CT molecular complexity index is 1070. The SMILES string of the molecule is CN1CCN(c2ccc(-c3ccc(NC(=O)COc4cccc(Cl)c4Cl)cc3)nn2)CC1. The van der Waals surface area contributed by atoms with Crippen LogP contribution in [0.5, 0.6) is 5.75 Å². The molecule has 0 aliphatic carbocycles. The summed E-state index contributed by atoms with van der Waals surface area (Å²) in [5.74, 6) is 0.957. The third-order valence-electron chi connectivity index (χ3n) is 5.22. The van der Waals surface area contributed by atoms with Crippen LogP contribution >= 0.6 is 23.2 Å². The molecule has 1 amide bonds. The second-order valence-corrected chi connectivity index (χ2v) is 8.32. The van der Waals surface area contributed by atoms with Gasteiger partial charge in [0.25, 0.3) is 5.91 Å². The first-order valence-corrected chi connectivity index (χ1v) is 11.0. The fraction of sp³-hybridized carbons (Fsp3) is 0.261. The lowest BCUT2D eigenvalue weighted by Crippen LogP contribution is -2.44. The Morgan fingerprint density at radius 1 is 1.00 bits per heavy atom. The Morgan fingerprint density at radius 2 is 1.75 bits per heavy atom. The Labute approximate surface area is 196 Å². The zero-order chi connectivity index (χ0) is 22.5. The molecule has 32 heavy (non-hydrogen) atoms. The third-order valence-corrected chi connectivity index (χ3v) is 6.02. The van der Waals surface area contributed by atoms with Crippen molar-refractivity contribution in [3.05, 3.63) is 64.6 Å². The summed E-state index contributed by atoms with van der Waals surface area (Å²) >= 11 is 12.0. The van der Waals surface area contributed by atoms with Crippen molar-refractivity contribution in [3.8, 4) is 17.0 Å². The van der Waals surface area contributed by atoms with E-state index in [0.717, 1.165) is 43.3 Å². The van der Waals surface area contributed by atoms with Crippen LogP contribution in [0.3, 0.4) is 0 Å². The van der Waals surface area contributed by atoms with E-state index in [9.17, 15) is 4.79 Å². The molecule has 0 radical (unpaired) electrons. The molecule has 166 valence electrons. The smallest absolute Gasteiger partial charge is 0.262 e. The van der Waals surface area contributed by atoms with Gasteiger partial charge in [0.2, 0.25) is 0 Å². The van der Waals surface area contributed by atoms with Crippen molar-refractivity contribution >= 4 is 40.6 Å². The van der Waals surface area contributed by atoms with Crippen LogP contribution in [0.4, 0.5) is 11.5 Å². The minimum absolute atomic E-state index is 0.180. The molecule has 4 rings (SSSR count). The molecule has 2 heterocycles. The van der Waals surface area contributed by atoms with Crippen LogP contribution in [0.15, 0.2) is 54.6 Å². The van der Waals surface area contributed by atoms with Gasteiger partial charge in [0.15, 0.2) is 12.4 Å². The molecular weight excluding hydrogens is 449 g/mol. The van der Waals surface area contributed by atoms with Crippen molar-refractivity contribution in [1.29, 1.82) is 0 Å². The first-order valence-electron chi connectivity index (χ1n) is 10.2. The van der Waals surface area contributed by atoms with Gasteiger partial charge in [-0.25, -0.2) is 0 Å². The van der Waals surface area contributed by atoms with E-state index >= 15 is 0 Å². The fourth-order valence-electron chi connectivity index (χ4n) is 3.34. The van der Waals surface area contributed by atoms with Gasteiger partial charge in [-0.15, -0.1) is 10.2 Å². The molecule has 1 aromatic heterocycles. The number of ether oxygens (including phenoxy) is 1. The van der Waals surface area contributed by atoms with Gasteiger partial charge in [-0.2, -0.15) is 0 Å². The highest BCUT2D eigenvalue weighted by atomic mass is 35.5. The minimum Gasteiger partial charge on any atom is -0.482 e. The van der Waals surface area contributed by atoms with Crippen LogP contribution in [0, 0.1) is 0 Å². The predicted molar refractivity (Wildman–Crippen MR) is 128 cm³/mol. The molecule has 0 atom stereocenters. The summed E-state index contributed by atoms with van der Waals surface area (Å²) in [7, 11) is 2.13.